The number of rotatable bonds is 2. The van der Waals surface area contributed by atoms with Gasteiger partial charge in [0, 0.05) is 0 Å². The molecule has 4 rings (SSSR count). The third-order valence-electron chi connectivity index (χ3n) is 6.96. The average molecular weight is 363 g/mol. The Labute approximate surface area is 149 Å². The van der Waals surface area contributed by atoms with Crippen LogP contribution in [0.25, 0.3) is 0 Å². The second-order valence-corrected chi connectivity index (χ2v) is 9.26. The van der Waals surface area contributed by atoms with Gasteiger partial charge in [-0.2, -0.15) is 13.6 Å². The standard InChI is InChI=1S/C19H25NO4S/c1-11-3-6-16-14-5-4-12-9-18(24-25(20,22)23)17(21)10-15(12)13(14)7-8-19(11,16)2/h9-10,13-14,16,21H,1,3-8H2,2H3,(H2,20,22,23). The summed E-state index contributed by atoms with van der Waals surface area (Å²) < 4.78 is 27.1. The van der Waals surface area contributed by atoms with E-state index in [1.165, 1.54) is 12.0 Å². The number of phenolic OH excluding ortho intramolecular Hbond substituents is 1. The molecule has 6 heteroatoms. The molecule has 2 fully saturated rings. The molecule has 25 heavy (non-hydrogen) atoms. The minimum absolute atomic E-state index is 0.0745. The van der Waals surface area contributed by atoms with Gasteiger partial charge in [-0.3, -0.25) is 0 Å². The number of aromatic hydroxyl groups is 1. The maximum absolute atomic E-state index is 11.2. The van der Waals surface area contributed by atoms with Crippen LogP contribution in [0.5, 0.6) is 11.5 Å². The van der Waals surface area contributed by atoms with E-state index < -0.39 is 10.3 Å². The van der Waals surface area contributed by atoms with Gasteiger partial charge in [0.05, 0.1) is 0 Å². The topological polar surface area (TPSA) is 89.6 Å². The van der Waals surface area contributed by atoms with Crippen LogP contribution in [-0.2, 0) is 16.7 Å². The van der Waals surface area contributed by atoms with Gasteiger partial charge in [-0.05, 0) is 85.0 Å². The van der Waals surface area contributed by atoms with Gasteiger partial charge in [-0.25, -0.2) is 0 Å². The zero-order chi connectivity index (χ0) is 18.0. The molecule has 4 atom stereocenters. The molecule has 3 aliphatic rings. The summed E-state index contributed by atoms with van der Waals surface area (Å²) in [5.41, 5.74) is 3.88. The Morgan fingerprint density at radius 1 is 1.28 bits per heavy atom. The van der Waals surface area contributed by atoms with Crippen molar-refractivity contribution in [1.29, 1.82) is 0 Å². The van der Waals surface area contributed by atoms with E-state index in [0.29, 0.717) is 17.8 Å². The van der Waals surface area contributed by atoms with Gasteiger partial charge in [0.15, 0.2) is 11.5 Å². The molecule has 0 amide bonds. The lowest BCUT2D eigenvalue weighted by Gasteiger charge is -2.49. The van der Waals surface area contributed by atoms with E-state index in [1.54, 1.807) is 12.1 Å². The molecule has 0 radical (unpaired) electrons. The molecule has 136 valence electrons. The molecule has 3 N–H and O–H groups in total. The van der Waals surface area contributed by atoms with Crippen molar-refractivity contribution in [3.8, 4) is 11.5 Å². The minimum atomic E-state index is -4.15. The van der Waals surface area contributed by atoms with Gasteiger partial charge in [-0.1, -0.05) is 19.1 Å². The molecule has 0 bridgehead atoms. The van der Waals surface area contributed by atoms with Gasteiger partial charge >= 0.3 is 10.3 Å². The summed E-state index contributed by atoms with van der Waals surface area (Å²) in [6.45, 7) is 6.70. The Hall–Kier alpha value is -1.53. The van der Waals surface area contributed by atoms with Gasteiger partial charge < -0.3 is 9.29 Å². The molecule has 0 aromatic heterocycles. The highest BCUT2D eigenvalue weighted by atomic mass is 32.2. The van der Waals surface area contributed by atoms with Gasteiger partial charge in [0.2, 0.25) is 0 Å². The Morgan fingerprint density at radius 2 is 2.04 bits per heavy atom. The van der Waals surface area contributed by atoms with E-state index in [0.717, 1.165) is 43.2 Å². The predicted molar refractivity (Wildman–Crippen MR) is 95.6 cm³/mol. The van der Waals surface area contributed by atoms with Crippen molar-refractivity contribution in [2.24, 2.45) is 22.4 Å². The van der Waals surface area contributed by atoms with Crippen molar-refractivity contribution in [2.45, 2.75) is 51.4 Å². The van der Waals surface area contributed by atoms with Crippen molar-refractivity contribution >= 4 is 10.3 Å². The third-order valence-corrected chi connectivity index (χ3v) is 7.38. The highest BCUT2D eigenvalue weighted by molar-refractivity contribution is 7.84. The number of aryl methyl sites for hydroxylation is 1. The van der Waals surface area contributed by atoms with Gasteiger partial charge in [0.1, 0.15) is 0 Å². The molecular weight excluding hydrogens is 338 g/mol. The van der Waals surface area contributed by atoms with Crippen LogP contribution < -0.4 is 9.32 Å². The average Bonchev–Trinajstić information content (AvgIpc) is 2.82. The minimum Gasteiger partial charge on any atom is -0.504 e. The molecule has 3 aliphatic carbocycles. The van der Waals surface area contributed by atoms with Crippen molar-refractivity contribution in [3.63, 3.8) is 0 Å². The molecule has 1 aromatic carbocycles. The molecule has 0 aliphatic heterocycles. The molecule has 1 aromatic rings. The van der Waals surface area contributed by atoms with E-state index in [9.17, 15) is 13.5 Å². The largest absolute Gasteiger partial charge is 0.504 e. The summed E-state index contributed by atoms with van der Waals surface area (Å²) in [4.78, 5) is 0. The van der Waals surface area contributed by atoms with E-state index >= 15 is 0 Å². The summed E-state index contributed by atoms with van der Waals surface area (Å²) in [5.74, 6) is 1.46. The molecule has 4 unspecified atom stereocenters. The monoisotopic (exact) mass is 363 g/mol. The number of benzene rings is 1. The molecule has 0 saturated heterocycles. The van der Waals surface area contributed by atoms with E-state index in [2.05, 4.69) is 13.5 Å². The van der Waals surface area contributed by atoms with E-state index in [1.807, 2.05) is 0 Å². The summed E-state index contributed by atoms with van der Waals surface area (Å²) in [6.07, 6.45) is 6.52. The SMILES string of the molecule is C=C1CCC2C3CCc4cc(OS(N)(=O)=O)c(O)cc4C3CCC12C. The Kier molecular flexibility index (Phi) is 3.71. The van der Waals surface area contributed by atoms with Crippen LogP contribution in [0.15, 0.2) is 24.3 Å². The fraction of sp³-hybridized carbons (Fsp3) is 0.579. The first-order chi connectivity index (χ1) is 11.7. The molecule has 0 spiro atoms. The Balaban J connectivity index is 1.69. The summed E-state index contributed by atoms with van der Waals surface area (Å²) in [5, 5.41) is 15.2. The van der Waals surface area contributed by atoms with Crippen LogP contribution in [0.2, 0.25) is 0 Å². The molecule has 0 heterocycles. The first-order valence-electron chi connectivity index (χ1n) is 8.95. The number of hydrogen-bond donors (Lipinski definition) is 2. The number of nitrogens with two attached hydrogens (primary N) is 1. The number of fused-ring (bicyclic) bond motifs is 5. The maximum Gasteiger partial charge on any atom is 0.380 e. The number of allylic oxidation sites excluding steroid dienone is 1. The first-order valence-corrected chi connectivity index (χ1v) is 10.4. The van der Waals surface area contributed by atoms with E-state index in [4.69, 9.17) is 9.32 Å². The maximum atomic E-state index is 11.2. The van der Waals surface area contributed by atoms with Crippen LogP contribution in [0.3, 0.4) is 0 Å². The predicted octanol–water partition coefficient (Wildman–Crippen LogP) is 3.39. The lowest BCUT2D eigenvalue weighted by molar-refractivity contribution is 0.0815. The fourth-order valence-corrected chi connectivity index (χ4v) is 6.07. The quantitative estimate of drug-likeness (QED) is 0.788. The van der Waals surface area contributed by atoms with E-state index in [-0.39, 0.29) is 16.9 Å². The summed E-state index contributed by atoms with van der Waals surface area (Å²) >= 11 is 0. The third kappa shape index (κ3) is 2.66. The molecular formula is C19H25NO4S. The lowest BCUT2D eigenvalue weighted by Crippen LogP contribution is -2.40. The summed E-state index contributed by atoms with van der Waals surface area (Å²) in [6, 6.07) is 3.34. The van der Waals surface area contributed by atoms with Gasteiger partial charge in [-0.15, -0.1) is 0 Å². The van der Waals surface area contributed by atoms with Crippen LogP contribution >= 0.6 is 0 Å². The fourth-order valence-electron chi connectivity index (χ4n) is 5.69. The van der Waals surface area contributed by atoms with Crippen molar-refractivity contribution < 1.29 is 17.7 Å². The van der Waals surface area contributed by atoms with Crippen molar-refractivity contribution in [1.82, 2.24) is 0 Å². The zero-order valence-corrected chi connectivity index (χ0v) is 15.3. The number of phenols is 1. The van der Waals surface area contributed by atoms with Crippen molar-refractivity contribution in [2.75, 3.05) is 0 Å². The Bertz CT molecular complexity index is 847. The number of hydrogen-bond acceptors (Lipinski definition) is 4. The zero-order valence-electron chi connectivity index (χ0n) is 14.5. The molecule has 2 saturated carbocycles. The second-order valence-electron chi connectivity index (χ2n) is 8.11. The Morgan fingerprint density at radius 3 is 2.76 bits per heavy atom. The van der Waals surface area contributed by atoms with Crippen LogP contribution in [0, 0.1) is 17.3 Å². The van der Waals surface area contributed by atoms with Gasteiger partial charge in [0.25, 0.3) is 0 Å². The van der Waals surface area contributed by atoms with Crippen LogP contribution in [0.1, 0.15) is 56.1 Å². The highest BCUT2D eigenvalue weighted by Gasteiger charge is 2.52. The second kappa shape index (κ2) is 5.48. The first kappa shape index (κ1) is 16.9. The highest BCUT2D eigenvalue weighted by Crippen LogP contribution is 2.62. The lowest BCUT2D eigenvalue weighted by atomic mass is 9.55. The molecule has 5 nitrogen and oxygen atoms in total. The normalized spacial score (nSPS) is 34.2. The van der Waals surface area contributed by atoms with Crippen LogP contribution in [-0.4, -0.2) is 13.5 Å². The van der Waals surface area contributed by atoms with Crippen LogP contribution in [0.4, 0.5) is 0 Å². The van der Waals surface area contributed by atoms with Crippen molar-refractivity contribution in [3.05, 3.63) is 35.4 Å². The smallest absolute Gasteiger partial charge is 0.380 e. The summed E-state index contributed by atoms with van der Waals surface area (Å²) in [7, 11) is -4.15.